The highest BCUT2D eigenvalue weighted by atomic mass is 32.1. The fourth-order valence-electron chi connectivity index (χ4n) is 2.29. The number of hydrogen-bond acceptors (Lipinski definition) is 6. The van der Waals surface area contributed by atoms with Crippen LogP contribution < -0.4 is 10.6 Å². The van der Waals surface area contributed by atoms with Crippen molar-refractivity contribution in [2.24, 2.45) is 0 Å². The minimum atomic E-state index is 0.543. The molecule has 0 aliphatic carbocycles. The molecule has 0 bridgehead atoms. The van der Waals surface area contributed by atoms with Gasteiger partial charge in [-0.2, -0.15) is 0 Å². The second-order valence-corrected chi connectivity index (χ2v) is 5.66. The van der Waals surface area contributed by atoms with Gasteiger partial charge >= 0.3 is 0 Å². The highest BCUT2D eigenvalue weighted by molar-refractivity contribution is 7.18. The van der Waals surface area contributed by atoms with Gasteiger partial charge in [0.05, 0.1) is 0 Å². The lowest BCUT2D eigenvalue weighted by molar-refractivity contribution is 0.249. The molecule has 3 rings (SSSR count). The third-order valence-electron chi connectivity index (χ3n) is 3.32. The molecule has 100 valence electrons. The Balaban J connectivity index is 1.55. The summed E-state index contributed by atoms with van der Waals surface area (Å²) in [5.41, 5.74) is 6.99. The molecule has 0 unspecified atom stereocenters. The molecule has 0 amide bonds. The van der Waals surface area contributed by atoms with Crippen LogP contribution >= 0.6 is 11.3 Å². The van der Waals surface area contributed by atoms with Crippen molar-refractivity contribution in [2.75, 3.05) is 36.8 Å². The number of anilines is 2. The zero-order valence-electron chi connectivity index (χ0n) is 10.7. The van der Waals surface area contributed by atoms with Crippen LogP contribution in [0.5, 0.6) is 0 Å². The van der Waals surface area contributed by atoms with E-state index in [-0.39, 0.29) is 0 Å². The molecule has 1 fully saturated rings. The van der Waals surface area contributed by atoms with E-state index in [9.17, 15) is 0 Å². The predicted octanol–water partition coefficient (Wildman–Crippen LogP) is 1.44. The van der Waals surface area contributed by atoms with Crippen LogP contribution in [0, 0.1) is 0 Å². The van der Waals surface area contributed by atoms with Gasteiger partial charge in [-0.05, 0) is 5.56 Å². The highest BCUT2D eigenvalue weighted by Gasteiger charge is 2.19. The van der Waals surface area contributed by atoms with Gasteiger partial charge in [-0.1, -0.05) is 41.7 Å². The molecule has 2 aromatic rings. The average molecular weight is 275 g/mol. The minimum Gasteiger partial charge on any atom is -0.374 e. The third kappa shape index (κ3) is 3.02. The van der Waals surface area contributed by atoms with Crippen molar-refractivity contribution in [3.8, 4) is 0 Å². The first-order chi connectivity index (χ1) is 9.31. The Hall–Kier alpha value is -1.66. The van der Waals surface area contributed by atoms with E-state index >= 15 is 0 Å². The molecule has 19 heavy (non-hydrogen) atoms. The molecular weight excluding hydrogens is 258 g/mol. The quantitative estimate of drug-likeness (QED) is 0.918. The van der Waals surface area contributed by atoms with Crippen molar-refractivity contribution in [3.63, 3.8) is 0 Å². The lowest BCUT2D eigenvalue weighted by Crippen LogP contribution is -2.45. The molecule has 1 aliphatic rings. The first-order valence-electron chi connectivity index (χ1n) is 6.41. The standard InChI is InChI=1S/C13H17N5S/c14-12-15-16-13(19-12)18-8-6-17(7-9-18)10-11-4-2-1-3-5-11/h1-5H,6-10H2,(H2,14,15). The summed E-state index contributed by atoms with van der Waals surface area (Å²) in [6.07, 6.45) is 0. The number of aromatic nitrogens is 2. The Morgan fingerprint density at radius 3 is 2.42 bits per heavy atom. The Labute approximate surface area is 116 Å². The van der Waals surface area contributed by atoms with E-state index in [2.05, 4.69) is 50.3 Å². The number of nitrogen functional groups attached to an aromatic ring is 1. The molecule has 1 saturated heterocycles. The third-order valence-corrected chi connectivity index (χ3v) is 4.13. The monoisotopic (exact) mass is 275 g/mol. The van der Waals surface area contributed by atoms with Crippen LogP contribution in [0.4, 0.5) is 10.3 Å². The predicted molar refractivity (Wildman–Crippen MR) is 78.3 cm³/mol. The van der Waals surface area contributed by atoms with Crippen LogP contribution in [0.3, 0.4) is 0 Å². The average Bonchev–Trinajstić information content (AvgIpc) is 2.87. The Kier molecular flexibility index (Phi) is 3.61. The molecule has 2 heterocycles. The van der Waals surface area contributed by atoms with Crippen molar-refractivity contribution in [3.05, 3.63) is 35.9 Å². The van der Waals surface area contributed by atoms with Crippen molar-refractivity contribution in [1.82, 2.24) is 15.1 Å². The van der Waals surface area contributed by atoms with E-state index < -0.39 is 0 Å². The molecular formula is C13H17N5S. The van der Waals surface area contributed by atoms with E-state index in [1.54, 1.807) is 0 Å². The van der Waals surface area contributed by atoms with E-state index in [0.717, 1.165) is 37.9 Å². The van der Waals surface area contributed by atoms with Crippen LogP contribution in [-0.2, 0) is 6.54 Å². The minimum absolute atomic E-state index is 0.543. The Bertz CT molecular complexity index is 519. The highest BCUT2D eigenvalue weighted by Crippen LogP contribution is 2.22. The number of piperazine rings is 1. The summed E-state index contributed by atoms with van der Waals surface area (Å²) in [5, 5.41) is 9.45. The van der Waals surface area contributed by atoms with E-state index in [0.29, 0.717) is 5.13 Å². The SMILES string of the molecule is Nc1nnc(N2CCN(Cc3ccccc3)CC2)s1. The maximum Gasteiger partial charge on any atom is 0.210 e. The van der Waals surface area contributed by atoms with Gasteiger partial charge in [-0.15, -0.1) is 10.2 Å². The summed E-state index contributed by atoms with van der Waals surface area (Å²) >= 11 is 1.46. The molecule has 0 atom stereocenters. The first-order valence-corrected chi connectivity index (χ1v) is 7.23. The molecule has 1 aromatic heterocycles. The van der Waals surface area contributed by atoms with E-state index in [4.69, 9.17) is 5.73 Å². The van der Waals surface area contributed by atoms with Gasteiger partial charge in [0.15, 0.2) is 0 Å². The van der Waals surface area contributed by atoms with Crippen molar-refractivity contribution in [2.45, 2.75) is 6.54 Å². The van der Waals surface area contributed by atoms with Crippen LogP contribution in [-0.4, -0.2) is 41.3 Å². The van der Waals surface area contributed by atoms with Gasteiger partial charge in [0, 0.05) is 32.7 Å². The number of nitrogens with zero attached hydrogens (tertiary/aromatic N) is 4. The van der Waals surface area contributed by atoms with Crippen molar-refractivity contribution >= 4 is 21.6 Å². The molecule has 0 radical (unpaired) electrons. The van der Waals surface area contributed by atoms with Gasteiger partial charge in [-0.25, -0.2) is 0 Å². The summed E-state index contributed by atoms with van der Waals surface area (Å²) < 4.78 is 0. The molecule has 0 spiro atoms. The maximum atomic E-state index is 5.62. The second kappa shape index (κ2) is 5.54. The second-order valence-electron chi connectivity index (χ2n) is 4.67. The first kappa shape index (κ1) is 12.4. The smallest absolute Gasteiger partial charge is 0.210 e. The van der Waals surface area contributed by atoms with Gasteiger partial charge in [0.25, 0.3) is 0 Å². The fourth-order valence-corrected chi connectivity index (χ4v) is 2.96. The summed E-state index contributed by atoms with van der Waals surface area (Å²) in [6.45, 7) is 5.10. The van der Waals surface area contributed by atoms with Gasteiger partial charge < -0.3 is 10.6 Å². The number of rotatable bonds is 3. The zero-order chi connectivity index (χ0) is 13.1. The number of nitrogens with two attached hydrogens (primary N) is 1. The summed E-state index contributed by atoms with van der Waals surface area (Å²) in [6, 6.07) is 10.6. The zero-order valence-corrected chi connectivity index (χ0v) is 11.5. The molecule has 1 aromatic carbocycles. The van der Waals surface area contributed by atoms with Gasteiger partial charge in [0.1, 0.15) is 0 Å². The Morgan fingerprint density at radius 1 is 1.05 bits per heavy atom. The van der Waals surface area contributed by atoms with Crippen molar-refractivity contribution < 1.29 is 0 Å². The van der Waals surface area contributed by atoms with E-state index in [1.807, 2.05) is 0 Å². The normalized spacial score (nSPS) is 16.7. The van der Waals surface area contributed by atoms with Gasteiger partial charge in [-0.3, -0.25) is 4.90 Å². The topological polar surface area (TPSA) is 58.3 Å². The lowest BCUT2D eigenvalue weighted by atomic mass is 10.2. The van der Waals surface area contributed by atoms with Gasteiger partial charge in [0.2, 0.25) is 10.3 Å². The summed E-state index contributed by atoms with van der Waals surface area (Å²) in [5.74, 6) is 0. The fraction of sp³-hybridized carbons (Fsp3) is 0.385. The Morgan fingerprint density at radius 2 is 1.79 bits per heavy atom. The lowest BCUT2D eigenvalue weighted by Gasteiger charge is -2.34. The molecule has 0 saturated carbocycles. The van der Waals surface area contributed by atoms with Crippen LogP contribution in [0.25, 0.3) is 0 Å². The number of hydrogen-bond donors (Lipinski definition) is 1. The molecule has 1 aliphatic heterocycles. The summed E-state index contributed by atoms with van der Waals surface area (Å²) in [4.78, 5) is 4.73. The maximum absolute atomic E-state index is 5.62. The van der Waals surface area contributed by atoms with Crippen LogP contribution in [0.15, 0.2) is 30.3 Å². The summed E-state index contributed by atoms with van der Waals surface area (Å²) in [7, 11) is 0. The largest absolute Gasteiger partial charge is 0.374 e. The van der Waals surface area contributed by atoms with Crippen molar-refractivity contribution in [1.29, 1.82) is 0 Å². The molecule has 6 heteroatoms. The number of benzene rings is 1. The molecule has 2 N–H and O–H groups in total. The van der Waals surface area contributed by atoms with Crippen LogP contribution in [0.1, 0.15) is 5.56 Å². The molecule has 5 nitrogen and oxygen atoms in total. The van der Waals surface area contributed by atoms with Crippen LogP contribution in [0.2, 0.25) is 0 Å². The van der Waals surface area contributed by atoms with E-state index in [1.165, 1.54) is 16.9 Å².